The summed E-state index contributed by atoms with van der Waals surface area (Å²) in [7, 11) is -3.63. The van der Waals surface area contributed by atoms with E-state index in [9.17, 15) is 18.0 Å². The van der Waals surface area contributed by atoms with Crippen molar-refractivity contribution in [3.8, 4) is 0 Å². The summed E-state index contributed by atoms with van der Waals surface area (Å²) in [6, 6.07) is 16.7. The number of amides is 1. The van der Waals surface area contributed by atoms with Crippen molar-refractivity contribution in [2.24, 2.45) is 5.92 Å². The lowest BCUT2D eigenvalue weighted by atomic mass is 9.95. The molecule has 0 aromatic heterocycles. The van der Waals surface area contributed by atoms with Gasteiger partial charge in [0.15, 0.2) is 5.78 Å². The SMILES string of the molecule is CC(=O)c1ccc(S(=O)(=O)N2CCC(C(=O)N3CCCC3CCc3ccccc3)CC2)cc1. The summed E-state index contributed by atoms with van der Waals surface area (Å²) in [6.45, 7) is 2.95. The molecule has 2 aliphatic rings. The molecule has 0 saturated carbocycles. The largest absolute Gasteiger partial charge is 0.339 e. The molecule has 6 nitrogen and oxygen atoms in total. The van der Waals surface area contributed by atoms with Crippen molar-refractivity contribution >= 4 is 21.7 Å². The molecule has 1 atom stereocenters. The Kier molecular flexibility index (Phi) is 7.29. The summed E-state index contributed by atoms with van der Waals surface area (Å²) < 4.78 is 27.5. The molecule has 7 heteroatoms. The molecule has 2 aliphatic heterocycles. The first-order valence-corrected chi connectivity index (χ1v) is 13.3. The maximum atomic E-state index is 13.3. The summed E-state index contributed by atoms with van der Waals surface area (Å²) in [6.07, 6.45) is 5.11. The molecule has 176 valence electrons. The summed E-state index contributed by atoms with van der Waals surface area (Å²) >= 11 is 0. The zero-order valence-electron chi connectivity index (χ0n) is 19.2. The van der Waals surface area contributed by atoms with Crippen molar-refractivity contribution in [3.63, 3.8) is 0 Å². The first-order chi connectivity index (χ1) is 15.9. The number of likely N-dealkylation sites (tertiary alicyclic amines) is 1. The quantitative estimate of drug-likeness (QED) is 0.578. The van der Waals surface area contributed by atoms with E-state index in [1.165, 1.54) is 28.9 Å². The van der Waals surface area contributed by atoms with Gasteiger partial charge in [0.05, 0.1) is 4.90 Å². The highest BCUT2D eigenvalue weighted by molar-refractivity contribution is 7.89. The van der Waals surface area contributed by atoms with E-state index in [2.05, 4.69) is 17.0 Å². The van der Waals surface area contributed by atoms with Crippen LogP contribution in [0.15, 0.2) is 59.5 Å². The van der Waals surface area contributed by atoms with Gasteiger partial charge >= 0.3 is 0 Å². The zero-order chi connectivity index (χ0) is 23.4. The molecule has 33 heavy (non-hydrogen) atoms. The Bertz CT molecular complexity index is 1080. The van der Waals surface area contributed by atoms with E-state index in [1.54, 1.807) is 12.1 Å². The summed E-state index contributed by atoms with van der Waals surface area (Å²) in [5.74, 6) is -0.0236. The average Bonchev–Trinajstić information content (AvgIpc) is 3.31. The van der Waals surface area contributed by atoms with Gasteiger partial charge in [0, 0.05) is 37.2 Å². The first kappa shape index (κ1) is 23.6. The van der Waals surface area contributed by atoms with E-state index in [0.717, 1.165) is 32.2 Å². The maximum Gasteiger partial charge on any atom is 0.243 e. The number of nitrogens with zero attached hydrogens (tertiary/aromatic N) is 2. The molecule has 1 unspecified atom stereocenters. The van der Waals surface area contributed by atoms with Gasteiger partial charge in [0.25, 0.3) is 0 Å². The van der Waals surface area contributed by atoms with Gasteiger partial charge in [-0.15, -0.1) is 0 Å². The lowest BCUT2D eigenvalue weighted by Gasteiger charge is -2.34. The number of benzene rings is 2. The lowest BCUT2D eigenvalue weighted by Crippen LogP contribution is -2.45. The minimum absolute atomic E-state index is 0.0951. The van der Waals surface area contributed by atoms with Crippen LogP contribution in [0.5, 0.6) is 0 Å². The highest BCUT2D eigenvalue weighted by Crippen LogP contribution is 2.29. The normalized spacial score (nSPS) is 20.2. The lowest BCUT2D eigenvalue weighted by molar-refractivity contribution is -0.137. The number of carbonyl (C=O) groups is 2. The van der Waals surface area contributed by atoms with E-state index < -0.39 is 10.0 Å². The van der Waals surface area contributed by atoms with E-state index in [-0.39, 0.29) is 28.5 Å². The van der Waals surface area contributed by atoms with E-state index in [4.69, 9.17) is 0 Å². The minimum Gasteiger partial charge on any atom is -0.339 e. The summed E-state index contributed by atoms with van der Waals surface area (Å²) in [5, 5.41) is 0. The van der Waals surface area contributed by atoms with Gasteiger partial charge in [-0.1, -0.05) is 42.5 Å². The topological polar surface area (TPSA) is 74.8 Å². The summed E-state index contributed by atoms with van der Waals surface area (Å²) in [5.41, 5.74) is 1.79. The van der Waals surface area contributed by atoms with Crippen LogP contribution in [0.2, 0.25) is 0 Å². The van der Waals surface area contributed by atoms with Crippen molar-refractivity contribution in [1.29, 1.82) is 0 Å². The molecule has 2 saturated heterocycles. The molecule has 0 aliphatic carbocycles. The van der Waals surface area contributed by atoms with Crippen LogP contribution in [0.25, 0.3) is 0 Å². The first-order valence-electron chi connectivity index (χ1n) is 11.8. The maximum absolute atomic E-state index is 13.3. The third kappa shape index (κ3) is 5.36. The van der Waals surface area contributed by atoms with Crippen LogP contribution in [0, 0.1) is 5.92 Å². The highest BCUT2D eigenvalue weighted by Gasteiger charge is 2.37. The number of ketones is 1. The van der Waals surface area contributed by atoms with Gasteiger partial charge in [-0.25, -0.2) is 8.42 Å². The van der Waals surface area contributed by atoms with Crippen LogP contribution in [-0.2, 0) is 21.2 Å². The van der Waals surface area contributed by atoms with Crippen LogP contribution in [0.1, 0.15) is 54.9 Å². The third-order valence-corrected chi connectivity index (χ3v) is 8.88. The van der Waals surface area contributed by atoms with Crippen LogP contribution < -0.4 is 0 Å². The number of carbonyl (C=O) groups excluding carboxylic acids is 2. The number of hydrogen-bond acceptors (Lipinski definition) is 4. The Balaban J connectivity index is 1.34. The number of hydrogen-bond donors (Lipinski definition) is 0. The molecule has 4 rings (SSSR count). The zero-order valence-corrected chi connectivity index (χ0v) is 20.0. The number of aryl methyl sites for hydroxylation is 1. The Morgan fingerprint density at radius 1 is 0.909 bits per heavy atom. The molecule has 1 amide bonds. The molecule has 0 bridgehead atoms. The van der Waals surface area contributed by atoms with Crippen molar-refractivity contribution in [2.45, 2.75) is 56.4 Å². The minimum atomic E-state index is -3.63. The second-order valence-corrected chi connectivity index (χ2v) is 11.0. The fourth-order valence-electron chi connectivity index (χ4n) is 4.99. The monoisotopic (exact) mass is 468 g/mol. The van der Waals surface area contributed by atoms with Gasteiger partial charge in [-0.2, -0.15) is 4.31 Å². The van der Waals surface area contributed by atoms with Crippen LogP contribution >= 0.6 is 0 Å². The van der Waals surface area contributed by atoms with Crippen LogP contribution in [-0.4, -0.2) is 55.0 Å². The fraction of sp³-hybridized carbons (Fsp3) is 0.462. The predicted molar refractivity (Wildman–Crippen MR) is 127 cm³/mol. The Hall–Kier alpha value is -2.51. The Labute approximate surface area is 196 Å². The number of sulfonamides is 1. The molecular formula is C26H32N2O4S. The van der Waals surface area contributed by atoms with E-state index in [0.29, 0.717) is 31.5 Å². The number of piperidine rings is 1. The number of rotatable bonds is 7. The molecule has 2 fully saturated rings. The van der Waals surface area contributed by atoms with Crippen molar-refractivity contribution in [3.05, 3.63) is 65.7 Å². The Morgan fingerprint density at radius 3 is 2.21 bits per heavy atom. The molecule has 0 N–H and O–H groups in total. The predicted octanol–water partition coefficient (Wildman–Crippen LogP) is 3.91. The standard InChI is InChI=1S/C26H32N2O4S/c1-20(29)22-10-13-25(14-11-22)33(31,32)27-18-15-23(16-19-27)26(30)28-17-5-8-24(28)12-9-21-6-3-2-4-7-21/h2-4,6-7,10-11,13-14,23-24H,5,8-9,12,15-19H2,1H3. The third-order valence-electron chi connectivity index (χ3n) is 6.97. The van der Waals surface area contributed by atoms with Gasteiger partial charge in [0.2, 0.25) is 15.9 Å². The summed E-state index contributed by atoms with van der Waals surface area (Å²) in [4.78, 5) is 27.0. The van der Waals surface area contributed by atoms with Gasteiger partial charge in [-0.05, 0) is 63.1 Å². The fourth-order valence-corrected chi connectivity index (χ4v) is 6.46. The van der Waals surface area contributed by atoms with E-state index in [1.807, 2.05) is 18.2 Å². The second kappa shape index (κ2) is 10.2. The van der Waals surface area contributed by atoms with Crippen LogP contribution in [0.3, 0.4) is 0 Å². The molecule has 2 aromatic rings. The molecule has 0 spiro atoms. The Morgan fingerprint density at radius 2 is 1.58 bits per heavy atom. The molecular weight excluding hydrogens is 436 g/mol. The molecule has 2 aromatic carbocycles. The van der Waals surface area contributed by atoms with Crippen LogP contribution in [0.4, 0.5) is 0 Å². The highest BCUT2D eigenvalue weighted by atomic mass is 32.2. The average molecular weight is 469 g/mol. The van der Waals surface area contributed by atoms with Gasteiger partial charge < -0.3 is 4.90 Å². The second-order valence-electron chi connectivity index (χ2n) is 9.11. The molecule has 2 heterocycles. The van der Waals surface area contributed by atoms with Crippen molar-refractivity contribution < 1.29 is 18.0 Å². The number of Topliss-reactive ketones (excluding diaryl/α,β-unsaturated/α-hetero) is 1. The van der Waals surface area contributed by atoms with Crippen molar-refractivity contribution in [1.82, 2.24) is 9.21 Å². The van der Waals surface area contributed by atoms with Gasteiger partial charge in [0.1, 0.15) is 0 Å². The molecule has 0 radical (unpaired) electrons. The van der Waals surface area contributed by atoms with Crippen molar-refractivity contribution in [2.75, 3.05) is 19.6 Å². The smallest absolute Gasteiger partial charge is 0.243 e. The van der Waals surface area contributed by atoms with Gasteiger partial charge in [-0.3, -0.25) is 9.59 Å². The van der Waals surface area contributed by atoms with E-state index >= 15 is 0 Å².